The monoisotopic (exact) mass is 270 g/mol. The van der Waals surface area contributed by atoms with E-state index in [1.54, 1.807) is 12.4 Å². The quantitative estimate of drug-likeness (QED) is 0.897. The number of nitrogens with zero attached hydrogens (tertiary/aromatic N) is 2. The number of para-hydroxylation sites is 1. The molecule has 0 radical (unpaired) electrons. The molecule has 1 aromatic heterocycles. The molecule has 2 aromatic rings. The van der Waals surface area contributed by atoms with E-state index in [9.17, 15) is 4.79 Å². The number of hydrogen-bond acceptors (Lipinski definition) is 3. The smallest absolute Gasteiger partial charge is 0.319 e. The Kier molecular flexibility index (Phi) is 3.76. The normalized spacial score (nSPS) is 14.8. The number of carbonyl (C=O) groups is 1. The lowest BCUT2D eigenvalue weighted by atomic mass is 9.83. The molecule has 0 aliphatic heterocycles. The Labute approximate surface area is 117 Å². The molecule has 0 bridgehead atoms. The topological polar surface area (TPSA) is 66.9 Å². The average molecular weight is 270 g/mol. The molecule has 0 spiro atoms. The summed E-state index contributed by atoms with van der Waals surface area (Å²) >= 11 is 0. The summed E-state index contributed by atoms with van der Waals surface area (Å²) in [5.41, 5.74) is 2.18. The van der Waals surface area contributed by atoms with E-state index in [1.165, 1.54) is 19.3 Å². The molecule has 2 amide bonds. The number of fused-ring (bicyclic) bond motifs is 1. The highest BCUT2D eigenvalue weighted by atomic mass is 16.2. The first-order valence-electron chi connectivity index (χ1n) is 7.07. The first kappa shape index (κ1) is 12.8. The Morgan fingerprint density at radius 3 is 2.90 bits per heavy atom. The second-order valence-corrected chi connectivity index (χ2v) is 5.20. The maximum absolute atomic E-state index is 11.9. The van der Waals surface area contributed by atoms with Crippen molar-refractivity contribution >= 4 is 22.8 Å². The molecule has 3 rings (SSSR count). The highest BCUT2D eigenvalue weighted by Gasteiger charge is 2.16. The van der Waals surface area contributed by atoms with Crippen molar-refractivity contribution in [2.45, 2.75) is 25.7 Å². The van der Waals surface area contributed by atoms with Crippen molar-refractivity contribution in [3.8, 4) is 0 Å². The molecule has 5 nitrogen and oxygen atoms in total. The van der Waals surface area contributed by atoms with E-state index in [0.29, 0.717) is 11.2 Å². The highest BCUT2D eigenvalue weighted by Crippen LogP contribution is 2.28. The van der Waals surface area contributed by atoms with E-state index < -0.39 is 0 Å². The maximum atomic E-state index is 11.9. The number of hydrogen-bond donors (Lipinski definition) is 2. The minimum atomic E-state index is -0.178. The molecule has 2 N–H and O–H groups in total. The summed E-state index contributed by atoms with van der Waals surface area (Å²) in [5.74, 6) is 0.804. The third kappa shape index (κ3) is 2.87. The van der Waals surface area contributed by atoms with Crippen LogP contribution in [0.2, 0.25) is 0 Å². The Hall–Kier alpha value is -2.17. The summed E-state index contributed by atoms with van der Waals surface area (Å²) in [5, 5.41) is 5.74. The van der Waals surface area contributed by atoms with Gasteiger partial charge >= 0.3 is 6.03 Å². The van der Waals surface area contributed by atoms with Gasteiger partial charge in [0.15, 0.2) is 0 Å². The zero-order chi connectivity index (χ0) is 13.8. The molecule has 1 aliphatic carbocycles. The fourth-order valence-corrected chi connectivity index (χ4v) is 2.43. The molecule has 104 valence electrons. The van der Waals surface area contributed by atoms with Crippen molar-refractivity contribution in [1.29, 1.82) is 0 Å². The summed E-state index contributed by atoms with van der Waals surface area (Å²) in [6, 6.07) is 5.40. The minimum Gasteiger partial charge on any atom is -0.338 e. The Morgan fingerprint density at radius 2 is 2.10 bits per heavy atom. The van der Waals surface area contributed by atoms with Crippen LogP contribution in [-0.2, 0) is 0 Å². The highest BCUT2D eigenvalue weighted by molar-refractivity contribution is 5.98. The number of aromatic nitrogens is 2. The lowest BCUT2D eigenvalue weighted by molar-refractivity contribution is 0.247. The van der Waals surface area contributed by atoms with E-state index >= 15 is 0 Å². The molecular formula is C15H18N4O. The average Bonchev–Trinajstić information content (AvgIpc) is 2.42. The summed E-state index contributed by atoms with van der Waals surface area (Å²) in [6.45, 7) is 0.729. The van der Waals surface area contributed by atoms with Crippen molar-refractivity contribution in [2.24, 2.45) is 5.92 Å². The third-order valence-corrected chi connectivity index (χ3v) is 3.81. The molecule has 0 saturated heterocycles. The minimum absolute atomic E-state index is 0.178. The second kappa shape index (κ2) is 5.86. The molecule has 0 atom stereocenters. The van der Waals surface area contributed by atoms with E-state index in [4.69, 9.17) is 0 Å². The largest absolute Gasteiger partial charge is 0.338 e. The molecule has 1 fully saturated rings. The van der Waals surface area contributed by atoms with Crippen LogP contribution in [0.3, 0.4) is 0 Å². The number of benzene rings is 1. The van der Waals surface area contributed by atoms with Crippen molar-refractivity contribution in [3.63, 3.8) is 0 Å². The number of amides is 2. The number of urea groups is 1. The van der Waals surface area contributed by atoms with Crippen LogP contribution in [0, 0.1) is 5.92 Å². The van der Waals surface area contributed by atoms with E-state index in [0.717, 1.165) is 24.4 Å². The van der Waals surface area contributed by atoms with Gasteiger partial charge in [-0.05, 0) is 24.5 Å². The molecule has 0 unspecified atom stereocenters. The van der Waals surface area contributed by atoms with Crippen LogP contribution in [0.4, 0.5) is 10.5 Å². The Balaban J connectivity index is 1.59. The van der Waals surface area contributed by atoms with Gasteiger partial charge in [0.1, 0.15) is 5.52 Å². The number of carbonyl (C=O) groups excluding carboxylic acids is 1. The summed E-state index contributed by atoms with van der Waals surface area (Å²) in [6.07, 6.45) is 8.30. The van der Waals surface area contributed by atoms with Gasteiger partial charge in [-0.2, -0.15) is 0 Å². The van der Waals surface area contributed by atoms with Crippen molar-refractivity contribution < 1.29 is 4.79 Å². The first-order chi connectivity index (χ1) is 9.83. The van der Waals surface area contributed by atoms with Gasteiger partial charge in [0, 0.05) is 18.9 Å². The molecule has 1 aromatic carbocycles. The fraction of sp³-hybridized carbons (Fsp3) is 0.400. The van der Waals surface area contributed by atoms with Crippen LogP contribution in [0.15, 0.2) is 30.6 Å². The van der Waals surface area contributed by atoms with Crippen LogP contribution in [0.5, 0.6) is 0 Å². The summed E-state index contributed by atoms with van der Waals surface area (Å²) in [4.78, 5) is 20.4. The van der Waals surface area contributed by atoms with E-state index in [1.807, 2.05) is 18.2 Å². The molecule has 1 aliphatic rings. The third-order valence-electron chi connectivity index (χ3n) is 3.81. The number of nitrogens with one attached hydrogen (secondary N) is 2. The zero-order valence-electron chi connectivity index (χ0n) is 11.3. The van der Waals surface area contributed by atoms with Gasteiger partial charge in [0.05, 0.1) is 11.2 Å². The molecule has 5 heteroatoms. The van der Waals surface area contributed by atoms with Gasteiger partial charge in [0.25, 0.3) is 0 Å². The van der Waals surface area contributed by atoms with Crippen LogP contribution in [0.1, 0.15) is 25.7 Å². The van der Waals surface area contributed by atoms with Gasteiger partial charge < -0.3 is 10.6 Å². The van der Waals surface area contributed by atoms with Gasteiger partial charge in [-0.25, -0.2) is 4.79 Å². The lowest BCUT2D eigenvalue weighted by Gasteiger charge is -2.25. The SMILES string of the molecule is O=C(NCCC1CCC1)Nc1cccc2nccnc12. The predicted octanol–water partition coefficient (Wildman–Crippen LogP) is 2.94. The first-order valence-corrected chi connectivity index (χ1v) is 7.07. The van der Waals surface area contributed by atoms with Crippen molar-refractivity contribution in [2.75, 3.05) is 11.9 Å². The molecule has 1 saturated carbocycles. The Bertz CT molecular complexity index is 604. The second-order valence-electron chi connectivity index (χ2n) is 5.20. The van der Waals surface area contributed by atoms with Crippen molar-refractivity contribution in [1.82, 2.24) is 15.3 Å². The fourth-order valence-electron chi connectivity index (χ4n) is 2.43. The predicted molar refractivity (Wildman–Crippen MR) is 78.5 cm³/mol. The van der Waals surface area contributed by atoms with E-state index in [-0.39, 0.29) is 6.03 Å². The van der Waals surface area contributed by atoms with Crippen molar-refractivity contribution in [3.05, 3.63) is 30.6 Å². The lowest BCUT2D eigenvalue weighted by Crippen LogP contribution is -2.31. The summed E-state index contributed by atoms with van der Waals surface area (Å²) in [7, 11) is 0. The van der Waals surface area contributed by atoms with Gasteiger partial charge in [-0.3, -0.25) is 9.97 Å². The molecular weight excluding hydrogens is 252 g/mol. The van der Waals surface area contributed by atoms with Crippen LogP contribution < -0.4 is 10.6 Å². The van der Waals surface area contributed by atoms with Gasteiger partial charge in [0.2, 0.25) is 0 Å². The number of anilines is 1. The summed E-state index contributed by atoms with van der Waals surface area (Å²) < 4.78 is 0. The van der Waals surface area contributed by atoms with Crippen LogP contribution in [0.25, 0.3) is 11.0 Å². The van der Waals surface area contributed by atoms with Crippen LogP contribution in [-0.4, -0.2) is 22.5 Å². The van der Waals surface area contributed by atoms with Crippen LogP contribution >= 0.6 is 0 Å². The van der Waals surface area contributed by atoms with Gasteiger partial charge in [-0.15, -0.1) is 0 Å². The van der Waals surface area contributed by atoms with Gasteiger partial charge in [-0.1, -0.05) is 25.3 Å². The maximum Gasteiger partial charge on any atom is 0.319 e. The molecule has 20 heavy (non-hydrogen) atoms. The Morgan fingerprint density at radius 1 is 1.25 bits per heavy atom. The zero-order valence-corrected chi connectivity index (χ0v) is 11.3. The standard InChI is InChI=1S/C15H18N4O/c20-15(18-8-7-11-3-1-4-11)19-13-6-2-5-12-14(13)17-10-9-16-12/h2,5-6,9-11H,1,3-4,7-8H2,(H2,18,19,20). The van der Waals surface area contributed by atoms with E-state index in [2.05, 4.69) is 20.6 Å². The number of rotatable bonds is 4. The molecule has 1 heterocycles.